The Hall–Kier alpha value is -2.99. The van der Waals surface area contributed by atoms with E-state index in [4.69, 9.17) is 9.15 Å². The molecule has 1 aliphatic carbocycles. The molecule has 6 nitrogen and oxygen atoms in total. The van der Waals surface area contributed by atoms with E-state index in [1.165, 1.54) is 11.1 Å². The molecule has 0 saturated carbocycles. The van der Waals surface area contributed by atoms with Gasteiger partial charge in [-0.15, -0.1) is 10.2 Å². The Labute approximate surface area is 163 Å². The van der Waals surface area contributed by atoms with Crippen molar-refractivity contribution in [2.24, 2.45) is 0 Å². The fourth-order valence-corrected chi connectivity index (χ4v) is 3.67. The molecule has 0 aliphatic heterocycles. The van der Waals surface area contributed by atoms with Crippen LogP contribution in [0.5, 0.6) is 0 Å². The van der Waals surface area contributed by atoms with E-state index >= 15 is 0 Å². The second kappa shape index (κ2) is 7.94. The van der Waals surface area contributed by atoms with Gasteiger partial charge in [-0.2, -0.15) is 0 Å². The number of ether oxygens (including phenoxy) is 1. The number of nitrogens with one attached hydrogen (secondary N) is 1. The number of nitrogens with zero attached hydrogens (tertiary/aromatic N) is 2. The van der Waals surface area contributed by atoms with Crippen molar-refractivity contribution in [3.05, 3.63) is 83.1 Å². The van der Waals surface area contributed by atoms with Crippen molar-refractivity contribution in [2.45, 2.75) is 38.3 Å². The maximum Gasteiger partial charge on any atom is 0.327 e. The van der Waals surface area contributed by atoms with Crippen LogP contribution in [0.2, 0.25) is 0 Å². The van der Waals surface area contributed by atoms with E-state index in [1.807, 2.05) is 49.4 Å². The van der Waals surface area contributed by atoms with E-state index in [2.05, 4.69) is 27.6 Å². The summed E-state index contributed by atoms with van der Waals surface area (Å²) in [5.74, 6) is 0.781. The van der Waals surface area contributed by atoms with Crippen LogP contribution in [0.1, 0.15) is 35.4 Å². The van der Waals surface area contributed by atoms with Crippen molar-refractivity contribution in [1.29, 1.82) is 0 Å². The number of rotatable bonds is 7. The number of aromatic nitrogens is 2. The highest BCUT2D eigenvalue weighted by Crippen LogP contribution is 2.31. The molecule has 144 valence electrons. The zero-order valence-electron chi connectivity index (χ0n) is 15.9. The summed E-state index contributed by atoms with van der Waals surface area (Å²) >= 11 is 0. The summed E-state index contributed by atoms with van der Waals surface area (Å²) in [6.45, 7) is 2.48. The van der Waals surface area contributed by atoms with Crippen LogP contribution < -0.4 is 5.32 Å². The van der Waals surface area contributed by atoms with E-state index in [0.29, 0.717) is 44.2 Å². The molecule has 0 saturated heterocycles. The second-order valence-electron chi connectivity index (χ2n) is 7.03. The maximum atomic E-state index is 12.8. The van der Waals surface area contributed by atoms with Crippen molar-refractivity contribution in [1.82, 2.24) is 15.5 Å². The number of carbonyl (C=O) groups excluding carboxylic acids is 1. The molecule has 3 aromatic rings. The molecule has 1 aliphatic rings. The number of hydrogen-bond acceptors (Lipinski definition) is 6. The van der Waals surface area contributed by atoms with Crippen molar-refractivity contribution in [3.63, 3.8) is 0 Å². The Morgan fingerprint density at radius 1 is 1.04 bits per heavy atom. The van der Waals surface area contributed by atoms with E-state index in [-0.39, 0.29) is 5.97 Å². The molecule has 2 aromatic carbocycles. The normalized spacial score (nSPS) is 14.6. The first kappa shape index (κ1) is 18.4. The minimum Gasteiger partial charge on any atom is -0.465 e. The first-order valence-corrected chi connectivity index (χ1v) is 9.53. The van der Waals surface area contributed by atoms with E-state index in [9.17, 15) is 4.79 Å². The summed E-state index contributed by atoms with van der Waals surface area (Å²) in [4.78, 5) is 12.8. The Morgan fingerprint density at radius 3 is 2.36 bits per heavy atom. The molecular weight excluding hydrogens is 354 g/mol. The van der Waals surface area contributed by atoms with E-state index in [1.54, 1.807) is 0 Å². The van der Waals surface area contributed by atoms with E-state index < -0.39 is 5.54 Å². The average Bonchev–Trinajstić information content (AvgIpc) is 3.32. The van der Waals surface area contributed by atoms with Gasteiger partial charge in [-0.25, -0.2) is 0 Å². The van der Waals surface area contributed by atoms with Crippen molar-refractivity contribution in [2.75, 3.05) is 6.61 Å². The molecule has 0 spiro atoms. The van der Waals surface area contributed by atoms with Crippen LogP contribution in [0, 0.1) is 0 Å². The van der Waals surface area contributed by atoms with Crippen LogP contribution in [0.4, 0.5) is 0 Å². The topological polar surface area (TPSA) is 77.2 Å². The van der Waals surface area contributed by atoms with Gasteiger partial charge in [-0.1, -0.05) is 54.6 Å². The lowest BCUT2D eigenvalue weighted by Gasteiger charge is -2.27. The number of hydrogen-bond donors (Lipinski definition) is 1. The Bertz CT molecular complexity index is 927. The highest BCUT2D eigenvalue weighted by atomic mass is 16.5. The molecule has 1 N–H and O–H groups in total. The van der Waals surface area contributed by atoms with Crippen LogP contribution in [-0.4, -0.2) is 28.3 Å². The lowest BCUT2D eigenvalue weighted by molar-refractivity contribution is -0.151. The summed E-state index contributed by atoms with van der Waals surface area (Å²) in [7, 11) is 0. The summed E-state index contributed by atoms with van der Waals surface area (Å²) in [5, 5.41) is 11.6. The van der Waals surface area contributed by atoms with Crippen molar-refractivity contribution >= 4 is 5.97 Å². The maximum absolute atomic E-state index is 12.8. The summed E-state index contributed by atoms with van der Waals surface area (Å²) in [6.07, 6.45) is 1.77. The van der Waals surface area contributed by atoms with Crippen LogP contribution in [0.3, 0.4) is 0 Å². The molecular formula is C22H23N3O3. The summed E-state index contributed by atoms with van der Waals surface area (Å²) in [6, 6.07) is 18.1. The molecule has 0 unspecified atom stereocenters. The molecule has 28 heavy (non-hydrogen) atoms. The first-order chi connectivity index (χ1) is 13.7. The van der Waals surface area contributed by atoms with Crippen molar-refractivity contribution in [3.8, 4) is 0 Å². The zero-order valence-corrected chi connectivity index (χ0v) is 15.9. The van der Waals surface area contributed by atoms with Gasteiger partial charge in [0.2, 0.25) is 11.8 Å². The second-order valence-corrected chi connectivity index (χ2v) is 7.03. The van der Waals surface area contributed by atoms with Gasteiger partial charge in [0.15, 0.2) is 0 Å². The third kappa shape index (κ3) is 3.82. The standard InChI is InChI=1S/C22H23N3O3/c1-2-27-21(26)22(13-17-10-6-7-11-18(17)14-22)23-15-20-25-24-19(28-20)12-16-8-4-3-5-9-16/h3-11,23H,2,12-15H2,1H3. The molecule has 0 atom stereocenters. The van der Waals surface area contributed by atoms with Gasteiger partial charge in [-0.05, 0) is 23.6 Å². The molecule has 0 radical (unpaired) electrons. The third-order valence-corrected chi connectivity index (χ3v) is 5.05. The highest BCUT2D eigenvalue weighted by molar-refractivity contribution is 5.83. The fraction of sp³-hybridized carbons (Fsp3) is 0.318. The number of esters is 1. The van der Waals surface area contributed by atoms with Crippen molar-refractivity contribution < 1.29 is 13.9 Å². The van der Waals surface area contributed by atoms with Gasteiger partial charge in [-0.3, -0.25) is 10.1 Å². The largest absolute Gasteiger partial charge is 0.465 e. The third-order valence-electron chi connectivity index (χ3n) is 5.05. The number of fused-ring (bicyclic) bond motifs is 1. The minimum absolute atomic E-state index is 0.241. The van der Waals surface area contributed by atoms with Gasteiger partial charge in [0, 0.05) is 12.8 Å². The molecule has 6 heteroatoms. The zero-order chi connectivity index (χ0) is 19.4. The van der Waals surface area contributed by atoms with Crippen LogP contribution in [0.15, 0.2) is 59.0 Å². The monoisotopic (exact) mass is 377 g/mol. The molecule has 1 aromatic heterocycles. The quantitative estimate of drug-likeness (QED) is 0.638. The SMILES string of the molecule is CCOC(=O)C1(NCc2nnc(Cc3ccccc3)o2)Cc2ccccc2C1. The number of benzene rings is 2. The Morgan fingerprint density at radius 2 is 1.68 bits per heavy atom. The number of carbonyl (C=O) groups is 1. The summed E-state index contributed by atoms with van der Waals surface area (Å²) in [5.41, 5.74) is 2.64. The lowest BCUT2D eigenvalue weighted by Crippen LogP contribution is -2.53. The summed E-state index contributed by atoms with van der Waals surface area (Å²) < 4.78 is 11.1. The average molecular weight is 377 g/mol. The molecule has 0 fully saturated rings. The Kier molecular flexibility index (Phi) is 5.21. The predicted octanol–water partition coefficient (Wildman–Crippen LogP) is 2.85. The van der Waals surface area contributed by atoms with Crippen LogP contribution >= 0.6 is 0 Å². The predicted molar refractivity (Wildman–Crippen MR) is 104 cm³/mol. The lowest BCUT2D eigenvalue weighted by atomic mass is 9.95. The van der Waals surface area contributed by atoms with Gasteiger partial charge in [0.05, 0.1) is 19.6 Å². The fourth-order valence-electron chi connectivity index (χ4n) is 3.67. The van der Waals surface area contributed by atoms with E-state index in [0.717, 1.165) is 5.56 Å². The van der Waals surface area contributed by atoms with Gasteiger partial charge >= 0.3 is 5.97 Å². The van der Waals surface area contributed by atoms with Gasteiger partial charge in [0.1, 0.15) is 5.54 Å². The smallest absolute Gasteiger partial charge is 0.327 e. The van der Waals surface area contributed by atoms with Crippen LogP contribution in [-0.2, 0) is 35.3 Å². The van der Waals surface area contributed by atoms with Gasteiger partial charge in [0.25, 0.3) is 0 Å². The molecule has 4 rings (SSSR count). The highest BCUT2D eigenvalue weighted by Gasteiger charge is 2.45. The minimum atomic E-state index is -0.798. The molecule has 1 heterocycles. The molecule has 0 amide bonds. The Balaban J connectivity index is 1.46. The molecule has 0 bridgehead atoms. The first-order valence-electron chi connectivity index (χ1n) is 9.53. The van der Waals surface area contributed by atoms with Crippen LogP contribution in [0.25, 0.3) is 0 Å². The van der Waals surface area contributed by atoms with Gasteiger partial charge < -0.3 is 9.15 Å².